The van der Waals surface area contributed by atoms with Crippen LogP contribution in [0.25, 0.3) is 0 Å². The molecule has 16 heavy (non-hydrogen) atoms. The van der Waals surface area contributed by atoms with E-state index in [4.69, 9.17) is 4.43 Å². The minimum Gasteiger partial charge on any atom is -0.413 e. The van der Waals surface area contributed by atoms with E-state index in [1.54, 1.807) is 0 Å². The number of allylic oxidation sites excluding steroid dienone is 3. The molecule has 0 saturated carbocycles. The molecule has 0 fully saturated rings. The zero-order valence-corrected chi connectivity index (χ0v) is 12.7. The van der Waals surface area contributed by atoms with E-state index >= 15 is 0 Å². The van der Waals surface area contributed by atoms with Gasteiger partial charge in [-0.2, -0.15) is 0 Å². The Morgan fingerprint density at radius 3 is 2.12 bits per heavy atom. The normalized spacial score (nSPS) is 13.8. The summed E-state index contributed by atoms with van der Waals surface area (Å²) in [5.74, 6) is 0. The molecule has 0 N–H and O–H groups in total. The first kappa shape index (κ1) is 15.4. The summed E-state index contributed by atoms with van der Waals surface area (Å²) in [6.07, 6.45) is 3.90. The molecule has 0 aliphatic rings. The van der Waals surface area contributed by atoms with Crippen molar-refractivity contribution in [1.82, 2.24) is 0 Å². The molecule has 0 aliphatic heterocycles. The van der Waals surface area contributed by atoms with E-state index in [0.29, 0.717) is 6.61 Å². The molecule has 0 unspecified atom stereocenters. The van der Waals surface area contributed by atoms with Crippen LogP contribution in [0.3, 0.4) is 0 Å². The van der Waals surface area contributed by atoms with Crippen LogP contribution in [0.5, 0.6) is 0 Å². The SMILES string of the molecule is C=C/C(=C/CO[Si](C)(C)C(C)(C)C)C(=C)C. The summed E-state index contributed by atoms with van der Waals surface area (Å²) in [6.45, 7) is 21.6. The van der Waals surface area contributed by atoms with Gasteiger partial charge in [0.15, 0.2) is 8.32 Å². The third-order valence-corrected chi connectivity index (χ3v) is 7.77. The molecule has 0 spiro atoms. The largest absolute Gasteiger partial charge is 0.413 e. The van der Waals surface area contributed by atoms with E-state index in [9.17, 15) is 0 Å². The van der Waals surface area contributed by atoms with Crippen LogP contribution in [0.2, 0.25) is 18.1 Å². The van der Waals surface area contributed by atoms with Gasteiger partial charge < -0.3 is 4.43 Å². The molecule has 2 heteroatoms. The fourth-order valence-corrected chi connectivity index (χ4v) is 1.92. The van der Waals surface area contributed by atoms with Crippen LogP contribution in [-0.4, -0.2) is 14.9 Å². The molecule has 0 aliphatic carbocycles. The lowest BCUT2D eigenvalue weighted by Gasteiger charge is -2.35. The summed E-state index contributed by atoms with van der Waals surface area (Å²) in [5.41, 5.74) is 2.12. The maximum Gasteiger partial charge on any atom is 0.192 e. The first-order valence-corrected chi connectivity index (χ1v) is 8.65. The molecule has 0 aromatic heterocycles. The fraction of sp³-hybridized carbons (Fsp3) is 0.571. The molecule has 0 aromatic rings. The Balaban J connectivity index is 4.48. The maximum absolute atomic E-state index is 6.05. The Labute approximate surface area is 102 Å². The third-order valence-electron chi connectivity index (χ3n) is 3.27. The van der Waals surface area contributed by atoms with Crippen LogP contribution in [0.15, 0.2) is 36.5 Å². The maximum atomic E-state index is 6.05. The van der Waals surface area contributed by atoms with Gasteiger partial charge in [0.05, 0.1) is 6.61 Å². The standard InChI is InChI=1S/C14H26OSi/c1-9-13(12(2)3)10-11-15-16(7,8)14(4,5)6/h9-10H,1-2,11H2,3-8H3/b13-10-. The van der Waals surface area contributed by atoms with E-state index in [2.05, 4.69) is 53.1 Å². The summed E-state index contributed by atoms with van der Waals surface area (Å²) in [7, 11) is -1.63. The summed E-state index contributed by atoms with van der Waals surface area (Å²) in [4.78, 5) is 0. The number of hydrogen-bond donors (Lipinski definition) is 0. The first-order valence-electron chi connectivity index (χ1n) is 5.74. The molecule has 0 atom stereocenters. The van der Waals surface area contributed by atoms with E-state index in [0.717, 1.165) is 11.1 Å². The second kappa shape index (κ2) is 5.64. The van der Waals surface area contributed by atoms with Gasteiger partial charge in [0.25, 0.3) is 0 Å². The van der Waals surface area contributed by atoms with Crippen molar-refractivity contribution in [3.63, 3.8) is 0 Å². The molecule has 0 aromatic carbocycles. The third kappa shape index (κ3) is 4.50. The molecule has 0 saturated heterocycles. The highest BCUT2D eigenvalue weighted by molar-refractivity contribution is 6.74. The Hall–Kier alpha value is -0.603. The molecule has 0 heterocycles. The van der Waals surface area contributed by atoms with E-state index in [-0.39, 0.29) is 5.04 Å². The lowest BCUT2D eigenvalue weighted by molar-refractivity contribution is 0.327. The van der Waals surface area contributed by atoms with Crippen molar-refractivity contribution >= 4 is 8.32 Å². The van der Waals surface area contributed by atoms with Crippen molar-refractivity contribution in [2.75, 3.05) is 6.61 Å². The average molecular weight is 238 g/mol. The van der Waals surface area contributed by atoms with Crippen molar-refractivity contribution in [2.45, 2.75) is 45.8 Å². The van der Waals surface area contributed by atoms with E-state index < -0.39 is 8.32 Å². The molecule has 1 nitrogen and oxygen atoms in total. The summed E-state index contributed by atoms with van der Waals surface area (Å²) in [6, 6.07) is 0. The van der Waals surface area contributed by atoms with Gasteiger partial charge in [-0.15, -0.1) is 0 Å². The van der Waals surface area contributed by atoms with Gasteiger partial charge in [0.2, 0.25) is 0 Å². The quantitative estimate of drug-likeness (QED) is 0.498. The van der Waals surface area contributed by atoms with Gasteiger partial charge >= 0.3 is 0 Å². The molecule has 0 amide bonds. The molecule has 0 radical (unpaired) electrons. The molecular weight excluding hydrogens is 212 g/mol. The van der Waals surface area contributed by atoms with E-state index in [1.165, 1.54) is 0 Å². The van der Waals surface area contributed by atoms with Gasteiger partial charge in [-0.1, -0.05) is 51.7 Å². The van der Waals surface area contributed by atoms with Gasteiger partial charge in [-0.3, -0.25) is 0 Å². The lowest BCUT2D eigenvalue weighted by Crippen LogP contribution is -2.40. The van der Waals surface area contributed by atoms with Crippen LogP contribution in [-0.2, 0) is 4.43 Å². The van der Waals surface area contributed by atoms with Gasteiger partial charge in [-0.05, 0) is 30.6 Å². The molecule has 92 valence electrons. The Morgan fingerprint density at radius 1 is 1.31 bits per heavy atom. The summed E-state index contributed by atoms with van der Waals surface area (Å²) >= 11 is 0. The minimum absolute atomic E-state index is 0.262. The second-order valence-electron chi connectivity index (χ2n) is 5.72. The van der Waals surface area contributed by atoms with Crippen LogP contribution >= 0.6 is 0 Å². The van der Waals surface area contributed by atoms with Gasteiger partial charge in [-0.25, -0.2) is 0 Å². The van der Waals surface area contributed by atoms with Crippen molar-refractivity contribution < 1.29 is 4.43 Å². The number of hydrogen-bond acceptors (Lipinski definition) is 1. The molecule has 0 rings (SSSR count). The Bertz CT molecular complexity index is 292. The second-order valence-corrected chi connectivity index (χ2v) is 10.5. The smallest absolute Gasteiger partial charge is 0.192 e. The highest BCUT2D eigenvalue weighted by Gasteiger charge is 2.36. The fourth-order valence-electron chi connectivity index (χ4n) is 0.988. The summed E-state index contributed by atoms with van der Waals surface area (Å²) < 4.78 is 6.05. The van der Waals surface area contributed by atoms with Crippen molar-refractivity contribution in [2.24, 2.45) is 0 Å². The zero-order chi connectivity index (χ0) is 13.0. The van der Waals surface area contributed by atoms with Gasteiger partial charge in [0, 0.05) is 0 Å². The predicted molar refractivity (Wildman–Crippen MR) is 76.2 cm³/mol. The Morgan fingerprint density at radius 2 is 1.81 bits per heavy atom. The Kier molecular flexibility index (Phi) is 5.43. The van der Waals surface area contributed by atoms with Crippen LogP contribution in [0.4, 0.5) is 0 Å². The van der Waals surface area contributed by atoms with Gasteiger partial charge in [0.1, 0.15) is 0 Å². The van der Waals surface area contributed by atoms with Crippen LogP contribution < -0.4 is 0 Å². The van der Waals surface area contributed by atoms with Crippen molar-refractivity contribution in [3.05, 3.63) is 36.5 Å². The molecular formula is C14H26OSi. The van der Waals surface area contributed by atoms with Crippen LogP contribution in [0.1, 0.15) is 27.7 Å². The summed E-state index contributed by atoms with van der Waals surface area (Å²) in [5, 5.41) is 0.262. The number of rotatable bonds is 5. The minimum atomic E-state index is -1.63. The highest BCUT2D eigenvalue weighted by atomic mass is 28.4. The van der Waals surface area contributed by atoms with Crippen LogP contribution in [0, 0.1) is 0 Å². The monoisotopic (exact) mass is 238 g/mol. The highest BCUT2D eigenvalue weighted by Crippen LogP contribution is 2.36. The predicted octanol–water partition coefficient (Wildman–Crippen LogP) is 4.70. The van der Waals surface area contributed by atoms with E-state index in [1.807, 2.05) is 13.0 Å². The molecule has 0 bridgehead atoms. The topological polar surface area (TPSA) is 9.23 Å². The zero-order valence-electron chi connectivity index (χ0n) is 11.7. The first-order chi connectivity index (χ1) is 7.12. The average Bonchev–Trinajstić information content (AvgIpc) is 2.09. The van der Waals surface area contributed by atoms with Crippen molar-refractivity contribution in [1.29, 1.82) is 0 Å². The lowest BCUT2D eigenvalue weighted by atomic mass is 10.1. The van der Waals surface area contributed by atoms with Crippen molar-refractivity contribution in [3.8, 4) is 0 Å².